The highest BCUT2D eigenvalue weighted by Crippen LogP contribution is 2.14. The molecular formula is C10H15N3O. The van der Waals surface area contributed by atoms with Gasteiger partial charge in [0.2, 0.25) is 11.6 Å². The van der Waals surface area contributed by atoms with E-state index >= 15 is 0 Å². The van der Waals surface area contributed by atoms with Crippen LogP contribution in [-0.4, -0.2) is 20.5 Å². The van der Waals surface area contributed by atoms with Crippen LogP contribution in [0.1, 0.15) is 43.1 Å². The van der Waals surface area contributed by atoms with Crippen molar-refractivity contribution in [3.8, 4) is 0 Å². The first kappa shape index (κ1) is 9.37. The largest absolute Gasteiger partial charge is 0.290 e. The number of carbonyl (C=O) groups is 1. The van der Waals surface area contributed by atoms with Crippen LogP contribution in [0.5, 0.6) is 0 Å². The molecule has 1 aliphatic rings. The monoisotopic (exact) mass is 193 g/mol. The van der Waals surface area contributed by atoms with Crippen molar-refractivity contribution in [2.45, 2.75) is 39.7 Å². The van der Waals surface area contributed by atoms with Gasteiger partial charge in [-0.25, -0.2) is 9.67 Å². The molecule has 1 aromatic rings. The summed E-state index contributed by atoms with van der Waals surface area (Å²) in [4.78, 5) is 16.0. The third-order valence-electron chi connectivity index (χ3n) is 2.80. The van der Waals surface area contributed by atoms with E-state index in [1.165, 1.54) is 0 Å². The van der Waals surface area contributed by atoms with Gasteiger partial charge >= 0.3 is 0 Å². The number of aryl methyl sites for hydroxylation is 2. The maximum atomic E-state index is 11.7. The Balaban J connectivity index is 2.21. The fourth-order valence-electron chi connectivity index (χ4n) is 1.64. The van der Waals surface area contributed by atoms with E-state index in [9.17, 15) is 4.79 Å². The third kappa shape index (κ3) is 1.45. The minimum absolute atomic E-state index is 0.0399. The van der Waals surface area contributed by atoms with Crippen LogP contribution in [0.2, 0.25) is 0 Å². The molecular weight excluding hydrogens is 178 g/mol. The second-order valence-corrected chi connectivity index (χ2v) is 3.85. The first-order chi connectivity index (χ1) is 6.72. The second-order valence-electron chi connectivity index (χ2n) is 3.85. The van der Waals surface area contributed by atoms with E-state index in [4.69, 9.17) is 0 Å². The Hall–Kier alpha value is -1.19. The number of rotatable bonds is 3. The molecule has 4 nitrogen and oxygen atoms in total. The van der Waals surface area contributed by atoms with Crippen LogP contribution >= 0.6 is 0 Å². The van der Waals surface area contributed by atoms with Gasteiger partial charge in [0.15, 0.2) is 0 Å². The summed E-state index contributed by atoms with van der Waals surface area (Å²) < 4.78 is 1.86. The first-order valence-electron chi connectivity index (χ1n) is 5.20. The summed E-state index contributed by atoms with van der Waals surface area (Å²) in [6, 6.07) is 0. The molecule has 1 atom stereocenters. The molecule has 1 unspecified atom stereocenters. The van der Waals surface area contributed by atoms with E-state index in [1.807, 2.05) is 18.5 Å². The number of hydrogen-bond acceptors (Lipinski definition) is 3. The van der Waals surface area contributed by atoms with Crippen molar-refractivity contribution in [3.05, 3.63) is 11.6 Å². The number of hydrogen-bond donors (Lipinski definition) is 0. The number of Topliss-reactive ketones (excluding diaryl/α,β-unsaturated/α-hetero) is 1. The predicted octanol–water partition coefficient (Wildman–Crippen LogP) is 1.45. The highest BCUT2D eigenvalue weighted by Gasteiger charge is 2.22. The fourth-order valence-corrected chi connectivity index (χ4v) is 1.64. The number of fused-ring (bicyclic) bond motifs is 1. The maximum Gasteiger partial charge on any atom is 0.217 e. The Morgan fingerprint density at radius 2 is 2.43 bits per heavy atom. The SMILES string of the molecule is CCC(C)C(=O)c1nc2n(n1)CCC2. The van der Waals surface area contributed by atoms with Crippen molar-refractivity contribution in [3.63, 3.8) is 0 Å². The van der Waals surface area contributed by atoms with Gasteiger partial charge < -0.3 is 0 Å². The van der Waals surface area contributed by atoms with E-state index in [0.717, 1.165) is 31.6 Å². The van der Waals surface area contributed by atoms with Crippen LogP contribution in [0.25, 0.3) is 0 Å². The summed E-state index contributed by atoms with van der Waals surface area (Å²) >= 11 is 0. The smallest absolute Gasteiger partial charge is 0.217 e. The van der Waals surface area contributed by atoms with Crippen molar-refractivity contribution < 1.29 is 4.79 Å². The summed E-state index contributed by atoms with van der Waals surface area (Å²) in [6.07, 6.45) is 2.91. The Labute approximate surface area is 83.3 Å². The Morgan fingerprint density at radius 1 is 1.64 bits per heavy atom. The number of carbonyl (C=O) groups excluding carboxylic acids is 1. The zero-order valence-corrected chi connectivity index (χ0v) is 8.66. The number of ketones is 1. The van der Waals surface area contributed by atoms with Gasteiger partial charge in [0.25, 0.3) is 0 Å². The van der Waals surface area contributed by atoms with Crippen molar-refractivity contribution in [1.82, 2.24) is 14.8 Å². The second kappa shape index (κ2) is 3.52. The van der Waals surface area contributed by atoms with Crippen LogP contribution in [0.3, 0.4) is 0 Å². The van der Waals surface area contributed by atoms with E-state index in [2.05, 4.69) is 10.1 Å². The fraction of sp³-hybridized carbons (Fsp3) is 0.700. The van der Waals surface area contributed by atoms with E-state index in [-0.39, 0.29) is 11.7 Å². The molecule has 1 aliphatic heterocycles. The molecule has 0 fully saturated rings. The number of nitrogens with zero attached hydrogens (tertiary/aromatic N) is 3. The van der Waals surface area contributed by atoms with Crippen molar-refractivity contribution in [2.75, 3.05) is 0 Å². The molecule has 0 amide bonds. The minimum atomic E-state index is 0.0399. The van der Waals surface area contributed by atoms with Gasteiger partial charge in [-0.15, -0.1) is 5.10 Å². The molecule has 0 aliphatic carbocycles. The molecule has 0 bridgehead atoms. The Bertz CT molecular complexity index is 335. The van der Waals surface area contributed by atoms with Gasteiger partial charge in [-0.2, -0.15) is 0 Å². The van der Waals surface area contributed by atoms with E-state index in [1.54, 1.807) is 0 Å². The van der Waals surface area contributed by atoms with Crippen molar-refractivity contribution >= 4 is 5.78 Å². The zero-order valence-electron chi connectivity index (χ0n) is 8.66. The van der Waals surface area contributed by atoms with Crippen LogP contribution in [-0.2, 0) is 13.0 Å². The minimum Gasteiger partial charge on any atom is -0.290 e. The summed E-state index contributed by atoms with van der Waals surface area (Å²) in [6.45, 7) is 4.84. The molecule has 0 saturated heterocycles. The lowest BCUT2D eigenvalue weighted by atomic mass is 10.0. The lowest BCUT2D eigenvalue weighted by molar-refractivity contribution is 0.0916. The molecule has 0 radical (unpaired) electrons. The third-order valence-corrected chi connectivity index (χ3v) is 2.80. The molecule has 0 N–H and O–H groups in total. The standard InChI is InChI=1S/C10H15N3O/c1-3-7(2)9(14)10-11-8-5-4-6-13(8)12-10/h7H,3-6H2,1-2H3. The van der Waals surface area contributed by atoms with Gasteiger partial charge in [0.1, 0.15) is 5.82 Å². The average Bonchev–Trinajstić information content (AvgIpc) is 2.74. The quantitative estimate of drug-likeness (QED) is 0.683. The van der Waals surface area contributed by atoms with E-state index in [0.29, 0.717) is 5.82 Å². The van der Waals surface area contributed by atoms with Gasteiger partial charge in [0.05, 0.1) is 0 Å². The topological polar surface area (TPSA) is 47.8 Å². The summed E-state index contributed by atoms with van der Waals surface area (Å²) in [5, 5.41) is 4.22. The van der Waals surface area contributed by atoms with Crippen LogP contribution in [0.4, 0.5) is 0 Å². The molecule has 0 aromatic carbocycles. The van der Waals surface area contributed by atoms with Gasteiger partial charge in [-0.3, -0.25) is 4.79 Å². The lowest BCUT2D eigenvalue weighted by Gasteiger charge is -2.02. The van der Waals surface area contributed by atoms with Crippen LogP contribution < -0.4 is 0 Å². The van der Waals surface area contributed by atoms with Crippen LogP contribution in [0.15, 0.2) is 0 Å². The van der Waals surface area contributed by atoms with Gasteiger partial charge in [-0.05, 0) is 12.8 Å². The molecule has 14 heavy (non-hydrogen) atoms. The average molecular weight is 193 g/mol. The summed E-state index contributed by atoms with van der Waals surface area (Å²) in [5.41, 5.74) is 0. The molecule has 0 saturated carbocycles. The molecule has 2 heterocycles. The van der Waals surface area contributed by atoms with Gasteiger partial charge in [0, 0.05) is 18.9 Å². The first-order valence-corrected chi connectivity index (χ1v) is 5.20. The van der Waals surface area contributed by atoms with Gasteiger partial charge in [-0.1, -0.05) is 13.8 Å². The van der Waals surface area contributed by atoms with Crippen molar-refractivity contribution in [2.24, 2.45) is 5.92 Å². The Kier molecular flexibility index (Phi) is 2.35. The summed E-state index contributed by atoms with van der Waals surface area (Å²) in [5.74, 6) is 1.50. The van der Waals surface area contributed by atoms with E-state index < -0.39 is 0 Å². The zero-order chi connectivity index (χ0) is 10.1. The van der Waals surface area contributed by atoms with Crippen molar-refractivity contribution in [1.29, 1.82) is 0 Å². The molecule has 2 rings (SSSR count). The van der Waals surface area contributed by atoms with Crippen LogP contribution in [0, 0.1) is 5.92 Å². The highest BCUT2D eigenvalue weighted by molar-refractivity contribution is 5.94. The highest BCUT2D eigenvalue weighted by atomic mass is 16.1. The molecule has 0 spiro atoms. The molecule has 4 heteroatoms. The maximum absolute atomic E-state index is 11.7. The Morgan fingerprint density at radius 3 is 3.07 bits per heavy atom. The predicted molar refractivity (Wildman–Crippen MR) is 52.1 cm³/mol. The summed E-state index contributed by atoms with van der Waals surface area (Å²) in [7, 11) is 0. The molecule has 1 aromatic heterocycles. The molecule has 76 valence electrons. The number of aromatic nitrogens is 3. The lowest BCUT2D eigenvalue weighted by Crippen LogP contribution is -2.12. The normalized spacial score (nSPS) is 16.7.